The molecule has 1 aromatic carbocycles. The molecule has 1 aliphatic heterocycles. The van der Waals surface area contributed by atoms with Gasteiger partial charge in [-0.05, 0) is 57.2 Å². The number of nitrogens with zero attached hydrogens (tertiary/aromatic N) is 2. The van der Waals surface area contributed by atoms with E-state index in [-0.39, 0.29) is 23.0 Å². The van der Waals surface area contributed by atoms with Gasteiger partial charge in [0.1, 0.15) is 5.82 Å². The second-order valence-electron chi connectivity index (χ2n) is 8.11. The molecule has 1 saturated heterocycles. The molecule has 1 fully saturated rings. The number of nitrogens with one attached hydrogen (secondary N) is 3. The van der Waals surface area contributed by atoms with Crippen LogP contribution in [0.15, 0.2) is 47.5 Å². The average molecular weight is 476 g/mol. The molecule has 3 rings (SSSR count). The lowest BCUT2D eigenvalue weighted by atomic mass is 10.2. The lowest BCUT2D eigenvalue weighted by molar-refractivity contribution is -0.117. The highest BCUT2D eigenvalue weighted by atomic mass is 32.2. The third-order valence-corrected chi connectivity index (χ3v) is 6.53. The minimum absolute atomic E-state index is 0.0174. The molecule has 1 aliphatic rings. The minimum Gasteiger partial charge on any atom is -0.372 e. The third-order valence-electron chi connectivity index (χ3n) is 4.97. The molecule has 10 nitrogen and oxygen atoms in total. The first kappa shape index (κ1) is 24.6. The van der Waals surface area contributed by atoms with E-state index in [1.807, 2.05) is 19.9 Å². The Balaban J connectivity index is 1.59. The normalized spacial score (nSPS) is 19.6. The fraction of sp³-hybridized carbons (Fsp3) is 0.409. The largest absolute Gasteiger partial charge is 0.372 e. The number of ether oxygens (including phenoxy) is 1. The van der Waals surface area contributed by atoms with Crippen LogP contribution in [0.4, 0.5) is 17.2 Å². The van der Waals surface area contributed by atoms with Gasteiger partial charge in [-0.15, -0.1) is 0 Å². The maximum Gasteiger partial charge on any atom is 0.242 e. The molecule has 2 amide bonds. The Morgan fingerprint density at radius 3 is 2.18 bits per heavy atom. The van der Waals surface area contributed by atoms with Gasteiger partial charge in [0.2, 0.25) is 21.8 Å². The average Bonchev–Trinajstić information content (AvgIpc) is 2.73. The second kappa shape index (κ2) is 10.3. The maximum atomic E-state index is 12.6. The molecule has 0 aliphatic carbocycles. The van der Waals surface area contributed by atoms with E-state index >= 15 is 0 Å². The standard InChI is InChI=1S/C22H29N5O5S/c1-14-12-27(13-15(2)32-14)21-10-7-19(11-23-21)25-22(29)16(3)26-33(30,31)20-8-5-18(6-9-20)24-17(4)28/h5-11,14-16,26H,12-13H2,1-4H3,(H,24,28)(H,25,29)/t14?,15?,16-/m0/s1. The highest BCUT2D eigenvalue weighted by Gasteiger charge is 2.24. The van der Waals surface area contributed by atoms with E-state index in [0.717, 1.165) is 18.9 Å². The van der Waals surface area contributed by atoms with E-state index in [1.165, 1.54) is 38.1 Å². The van der Waals surface area contributed by atoms with Crippen LogP contribution in [0.2, 0.25) is 0 Å². The lowest BCUT2D eigenvalue weighted by Gasteiger charge is -2.36. The monoisotopic (exact) mass is 475 g/mol. The number of rotatable bonds is 7. The van der Waals surface area contributed by atoms with Crippen LogP contribution in [-0.2, 0) is 24.3 Å². The molecule has 33 heavy (non-hydrogen) atoms. The molecule has 2 aromatic rings. The summed E-state index contributed by atoms with van der Waals surface area (Å²) in [4.78, 5) is 30.1. The molecule has 3 N–H and O–H groups in total. The Morgan fingerprint density at radius 1 is 1.03 bits per heavy atom. The lowest BCUT2D eigenvalue weighted by Crippen LogP contribution is -2.45. The van der Waals surface area contributed by atoms with E-state index in [4.69, 9.17) is 4.74 Å². The van der Waals surface area contributed by atoms with Crippen molar-refractivity contribution in [1.82, 2.24) is 9.71 Å². The van der Waals surface area contributed by atoms with Gasteiger partial charge in [-0.25, -0.2) is 13.4 Å². The number of hydrogen-bond acceptors (Lipinski definition) is 7. The number of pyridine rings is 1. The van der Waals surface area contributed by atoms with Gasteiger partial charge in [-0.2, -0.15) is 4.72 Å². The molecule has 1 aromatic heterocycles. The molecule has 0 radical (unpaired) electrons. The molecule has 3 atom stereocenters. The Hall–Kier alpha value is -3.02. The predicted octanol–water partition coefficient (Wildman–Crippen LogP) is 1.96. The molecule has 0 bridgehead atoms. The number of carbonyl (C=O) groups excluding carboxylic acids is 2. The third kappa shape index (κ3) is 6.73. The molecular weight excluding hydrogens is 446 g/mol. The first-order valence-electron chi connectivity index (χ1n) is 10.6. The summed E-state index contributed by atoms with van der Waals surface area (Å²) in [6.45, 7) is 8.30. The minimum atomic E-state index is -3.93. The van der Waals surface area contributed by atoms with Crippen molar-refractivity contribution in [2.45, 2.75) is 50.8 Å². The quantitative estimate of drug-likeness (QED) is 0.558. The first-order chi connectivity index (χ1) is 15.5. The first-order valence-corrected chi connectivity index (χ1v) is 12.1. The second-order valence-corrected chi connectivity index (χ2v) is 9.82. The Morgan fingerprint density at radius 2 is 1.64 bits per heavy atom. The summed E-state index contributed by atoms with van der Waals surface area (Å²) in [5.41, 5.74) is 0.938. The Bertz CT molecular complexity index is 1080. The van der Waals surface area contributed by atoms with Crippen LogP contribution in [0.25, 0.3) is 0 Å². The zero-order chi connectivity index (χ0) is 24.2. The van der Waals surface area contributed by atoms with Crippen LogP contribution in [0, 0.1) is 0 Å². The zero-order valence-electron chi connectivity index (χ0n) is 19.0. The smallest absolute Gasteiger partial charge is 0.242 e. The van der Waals surface area contributed by atoms with E-state index in [0.29, 0.717) is 11.4 Å². The molecule has 178 valence electrons. The fourth-order valence-corrected chi connectivity index (χ4v) is 4.74. The fourth-order valence-electron chi connectivity index (χ4n) is 3.54. The summed E-state index contributed by atoms with van der Waals surface area (Å²) in [6, 6.07) is 8.18. The van der Waals surface area contributed by atoms with E-state index in [9.17, 15) is 18.0 Å². The summed E-state index contributed by atoms with van der Waals surface area (Å²) in [7, 11) is -3.93. The van der Waals surface area contributed by atoms with Crippen LogP contribution < -0.4 is 20.3 Å². The van der Waals surface area contributed by atoms with Crippen molar-refractivity contribution in [1.29, 1.82) is 0 Å². The number of hydrogen-bond donors (Lipinski definition) is 3. The van der Waals surface area contributed by atoms with Crippen molar-refractivity contribution < 1.29 is 22.7 Å². The van der Waals surface area contributed by atoms with Gasteiger partial charge in [0.05, 0.1) is 35.0 Å². The predicted molar refractivity (Wildman–Crippen MR) is 126 cm³/mol. The van der Waals surface area contributed by atoms with Crippen LogP contribution in [0.1, 0.15) is 27.7 Å². The van der Waals surface area contributed by atoms with Gasteiger partial charge in [-0.3, -0.25) is 9.59 Å². The summed E-state index contributed by atoms with van der Waals surface area (Å²) < 4.78 is 33.3. The van der Waals surface area contributed by atoms with Crippen LogP contribution in [0.3, 0.4) is 0 Å². The van der Waals surface area contributed by atoms with Gasteiger partial charge in [-0.1, -0.05) is 0 Å². The van der Waals surface area contributed by atoms with E-state index in [1.54, 1.807) is 12.3 Å². The summed E-state index contributed by atoms with van der Waals surface area (Å²) in [5, 5.41) is 5.24. The van der Waals surface area contributed by atoms with E-state index in [2.05, 4.69) is 25.2 Å². The number of carbonyl (C=O) groups is 2. The summed E-state index contributed by atoms with van der Waals surface area (Å²) in [5.74, 6) is 0.00804. The van der Waals surface area contributed by atoms with Crippen LogP contribution in [-0.4, -0.2) is 56.6 Å². The van der Waals surface area contributed by atoms with Crippen molar-refractivity contribution in [3.63, 3.8) is 0 Å². The highest BCUT2D eigenvalue weighted by Crippen LogP contribution is 2.20. The van der Waals surface area contributed by atoms with Crippen LogP contribution in [0.5, 0.6) is 0 Å². The molecular formula is C22H29N5O5S. The van der Waals surface area contributed by atoms with Crippen molar-refractivity contribution in [2.75, 3.05) is 28.6 Å². The number of anilines is 3. The summed E-state index contributed by atoms with van der Waals surface area (Å²) >= 11 is 0. The van der Waals surface area contributed by atoms with Crippen molar-refractivity contribution in [3.8, 4) is 0 Å². The molecule has 11 heteroatoms. The van der Waals surface area contributed by atoms with Crippen molar-refractivity contribution in [3.05, 3.63) is 42.6 Å². The number of amides is 2. The SMILES string of the molecule is CC(=O)Nc1ccc(S(=O)(=O)N[C@@H](C)C(=O)Nc2ccc(N3CC(C)OC(C)C3)nc2)cc1. The molecule has 2 unspecified atom stereocenters. The van der Waals surface area contributed by atoms with Gasteiger partial charge < -0.3 is 20.3 Å². The van der Waals surface area contributed by atoms with Crippen LogP contribution >= 0.6 is 0 Å². The zero-order valence-corrected chi connectivity index (χ0v) is 19.8. The topological polar surface area (TPSA) is 130 Å². The number of aromatic nitrogens is 1. The summed E-state index contributed by atoms with van der Waals surface area (Å²) in [6.07, 6.45) is 1.75. The molecule has 0 spiro atoms. The maximum absolute atomic E-state index is 12.6. The van der Waals surface area contributed by atoms with E-state index < -0.39 is 22.0 Å². The van der Waals surface area contributed by atoms with Gasteiger partial charge in [0, 0.05) is 25.7 Å². The highest BCUT2D eigenvalue weighted by molar-refractivity contribution is 7.89. The van der Waals surface area contributed by atoms with Crippen molar-refractivity contribution >= 4 is 39.0 Å². The Kier molecular flexibility index (Phi) is 7.67. The van der Waals surface area contributed by atoms with Gasteiger partial charge >= 0.3 is 0 Å². The number of benzene rings is 1. The molecule has 0 saturated carbocycles. The number of sulfonamides is 1. The van der Waals surface area contributed by atoms with Crippen molar-refractivity contribution in [2.24, 2.45) is 0 Å². The van der Waals surface area contributed by atoms with Gasteiger partial charge in [0.15, 0.2) is 0 Å². The van der Waals surface area contributed by atoms with Gasteiger partial charge in [0.25, 0.3) is 0 Å². The molecule has 2 heterocycles. The Labute approximate surface area is 193 Å². The number of morpholine rings is 1.